The van der Waals surface area contributed by atoms with E-state index in [1.807, 2.05) is 0 Å². The van der Waals surface area contributed by atoms with Crippen LogP contribution in [0.5, 0.6) is 0 Å². The van der Waals surface area contributed by atoms with Gasteiger partial charge in [0.15, 0.2) is 0 Å². The molecule has 1 rings (SSSR count). The highest BCUT2D eigenvalue weighted by Crippen LogP contribution is 2.00. The fourth-order valence-electron chi connectivity index (χ4n) is 0.878. The molecule has 0 unspecified atom stereocenters. The summed E-state index contributed by atoms with van der Waals surface area (Å²) >= 11 is 0. The van der Waals surface area contributed by atoms with Gasteiger partial charge in [0.1, 0.15) is 0 Å². The Bertz CT molecular complexity index is 309. The van der Waals surface area contributed by atoms with Gasteiger partial charge in [-0.1, -0.05) is 30.3 Å². The van der Waals surface area contributed by atoms with Crippen LogP contribution in [0.3, 0.4) is 0 Å². The SMILES string of the molecule is O=C(Cc1ccccc1)O[N+](=O)[O-]. The van der Waals surface area contributed by atoms with Crippen molar-refractivity contribution in [3.8, 4) is 0 Å². The lowest BCUT2D eigenvalue weighted by molar-refractivity contribution is -0.729. The van der Waals surface area contributed by atoms with Gasteiger partial charge in [-0.2, -0.15) is 0 Å². The van der Waals surface area contributed by atoms with Crippen molar-refractivity contribution >= 4 is 5.97 Å². The average molecular weight is 181 g/mol. The van der Waals surface area contributed by atoms with Gasteiger partial charge in [0.25, 0.3) is 0 Å². The van der Waals surface area contributed by atoms with Gasteiger partial charge in [0, 0.05) is 0 Å². The molecule has 0 amide bonds. The lowest BCUT2D eigenvalue weighted by Gasteiger charge is -1.97. The number of nitrogens with zero attached hydrogens (tertiary/aromatic N) is 1. The Morgan fingerprint density at radius 3 is 2.54 bits per heavy atom. The van der Waals surface area contributed by atoms with Crippen molar-refractivity contribution in [2.75, 3.05) is 0 Å². The first-order valence-corrected chi connectivity index (χ1v) is 3.57. The van der Waals surface area contributed by atoms with Crippen LogP contribution in [-0.2, 0) is 16.1 Å². The number of carbonyl (C=O) groups excluding carboxylic acids is 1. The summed E-state index contributed by atoms with van der Waals surface area (Å²) in [6.45, 7) is 0. The van der Waals surface area contributed by atoms with E-state index in [2.05, 4.69) is 4.84 Å². The minimum Gasteiger partial charge on any atom is -0.268 e. The van der Waals surface area contributed by atoms with Gasteiger partial charge in [-0.25, -0.2) is 4.84 Å². The third kappa shape index (κ3) is 3.33. The van der Waals surface area contributed by atoms with E-state index in [-0.39, 0.29) is 6.42 Å². The fraction of sp³-hybridized carbons (Fsp3) is 0.125. The zero-order valence-electron chi connectivity index (χ0n) is 6.67. The first-order valence-electron chi connectivity index (χ1n) is 3.57. The second-order valence-electron chi connectivity index (χ2n) is 2.35. The summed E-state index contributed by atoms with van der Waals surface area (Å²) in [6, 6.07) is 8.67. The van der Waals surface area contributed by atoms with E-state index in [1.54, 1.807) is 30.3 Å². The lowest BCUT2D eigenvalue weighted by atomic mass is 10.2. The molecule has 68 valence electrons. The number of carbonyl (C=O) groups is 1. The molecule has 5 nitrogen and oxygen atoms in total. The van der Waals surface area contributed by atoms with Crippen molar-refractivity contribution in [2.45, 2.75) is 6.42 Å². The molecule has 5 heteroatoms. The maximum absolute atomic E-state index is 10.8. The van der Waals surface area contributed by atoms with Crippen LogP contribution >= 0.6 is 0 Å². The smallest absolute Gasteiger partial charge is 0.268 e. The predicted octanol–water partition coefficient (Wildman–Crippen LogP) is 0.964. The van der Waals surface area contributed by atoms with Crippen molar-refractivity contribution in [1.82, 2.24) is 0 Å². The number of hydrogen-bond acceptors (Lipinski definition) is 4. The van der Waals surface area contributed by atoms with Gasteiger partial charge in [0.05, 0.1) is 6.42 Å². The molecular formula is C8H7NO4. The first-order chi connectivity index (χ1) is 6.18. The molecule has 0 heterocycles. The van der Waals surface area contributed by atoms with Crippen molar-refractivity contribution in [1.29, 1.82) is 0 Å². The highest BCUT2D eigenvalue weighted by atomic mass is 17.0. The standard InChI is InChI=1S/C8H7NO4/c10-8(13-9(11)12)6-7-4-2-1-3-5-7/h1-5H,6H2. The number of rotatable bonds is 3. The molecule has 0 bridgehead atoms. The number of hydrogen-bond donors (Lipinski definition) is 0. The van der Waals surface area contributed by atoms with E-state index in [9.17, 15) is 14.9 Å². The zero-order valence-corrected chi connectivity index (χ0v) is 6.67. The maximum Gasteiger partial charge on any atom is 0.308 e. The topological polar surface area (TPSA) is 69.4 Å². The van der Waals surface area contributed by atoms with Crippen LogP contribution in [0.2, 0.25) is 0 Å². The Labute approximate surface area is 74.0 Å². The Morgan fingerprint density at radius 2 is 2.00 bits per heavy atom. The fourth-order valence-corrected chi connectivity index (χ4v) is 0.878. The minimum absolute atomic E-state index is 0.0815. The molecular weight excluding hydrogens is 174 g/mol. The molecule has 0 atom stereocenters. The molecule has 0 fully saturated rings. The van der Waals surface area contributed by atoms with Crippen LogP contribution in [0.25, 0.3) is 0 Å². The monoisotopic (exact) mass is 181 g/mol. The van der Waals surface area contributed by atoms with Gasteiger partial charge in [-0.3, -0.25) is 4.79 Å². The molecule has 0 aliphatic heterocycles. The van der Waals surface area contributed by atoms with Gasteiger partial charge in [-0.15, -0.1) is 10.1 Å². The molecule has 0 saturated heterocycles. The maximum atomic E-state index is 10.8. The molecule has 0 aromatic heterocycles. The van der Waals surface area contributed by atoms with Gasteiger partial charge >= 0.3 is 11.1 Å². The van der Waals surface area contributed by atoms with Crippen LogP contribution in [0.15, 0.2) is 30.3 Å². The Balaban J connectivity index is 2.50. The van der Waals surface area contributed by atoms with Crippen LogP contribution in [0.1, 0.15) is 5.56 Å². The zero-order chi connectivity index (χ0) is 9.68. The summed E-state index contributed by atoms with van der Waals surface area (Å²) in [7, 11) is 0. The largest absolute Gasteiger partial charge is 0.308 e. The minimum atomic E-state index is -1.11. The third-order valence-electron chi connectivity index (χ3n) is 1.37. The lowest BCUT2D eigenvalue weighted by Crippen LogP contribution is -2.12. The Morgan fingerprint density at radius 1 is 1.38 bits per heavy atom. The molecule has 0 N–H and O–H groups in total. The quantitative estimate of drug-likeness (QED) is 0.514. The summed E-state index contributed by atoms with van der Waals surface area (Å²) in [6.07, 6.45) is -0.0815. The van der Waals surface area contributed by atoms with Crippen LogP contribution < -0.4 is 0 Å². The summed E-state index contributed by atoms with van der Waals surface area (Å²) in [5, 5.41) is 8.66. The Hall–Kier alpha value is -1.91. The third-order valence-corrected chi connectivity index (χ3v) is 1.37. The van der Waals surface area contributed by atoms with E-state index < -0.39 is 11.1 Å². The second-order valence-corrected chi connectivity index (χ2v) is 2.35. The second kappa shape index (κ2) is 4.20. The van der Waals surface area contributed by atoms with Crippen molar-refractivity contribution in [3.63, 3.8) is 0 Å². The van der Waals surface area contributed by atoms with E-state index in [0.717, 1.165) is 0 Å². The van der Waals surface area contributed by atoms with Gasteiger partial charge in [0.2, 0.25) is 0 Å². The van der Waals surface area contributed by atoms with Crippen molar-refractivity contribution in [3.05, 3.63) is 46.0 Å². The number of benzene rings is 1. The van der Waals surface area contributed by atoms with Crippen LogP contribution in [0, 0.1) is 10.1 Å². The van der Waals surface area contributed by atoms with Crippen molar-refractivity contribution in [2.24, 2.45) is 0 Å². The average Bonchev–Trinajstić information content (AvgIpc) is 2.04. The van der Waals surface area contributed by atoms with Crippen LogP contribution in [-0.4, -0.2) is 11.1 Å². The van der Waals surface area contributed by atoms with E-state index in [1.165, 1.54) is 0 Å². The van der Waals surface area contributed by atoms with Crippen molar-refractivity contribution < 1.29 is 14.7 Å². The molecule has 0 spiro atoms. The molecule has 0 saturated carbocycles. The molecule has 0 radical (unpaired) electrons. The first kappa shape index (κ1) is 9.18. The van der Waals surface area contributed by atoms with Gasteiger partial charge < -0.3 is 0 Å². The molecule has 0 aliphatic carbocycles. The summed E-state index contributed by atoms with van der Waals surface area (Å²) in [5.41, 5.74) is 0.689. The van der Waals surface area contributed by atoms with E-state index in [0.29, 0.717) is 5.56 Å². The molecule has 1 aromatic carbocycles. The van der Waals surface area contributed by atoms with Crippen LogP contribution in [0.4, 0.5) is 0 Å². The summed E-state index contributed by atoms with van der Waals surface area (Å²) in [5.74, 6) is -0.865. The summed E-state index contributed by atoms with van der Waals surface area (Å²) < 4.78 is 0. The normalized spacial score (nSPS) is 9.23. The molecule has 0 aliphatic rings. The molecule has 1 aromatic rings. The summed E-state index contributed by atoms with van der Waals surface area (Å²) in [4.78, 5) is 24.3. The Kier molecular flexibility index (Phi) is 2.97. The van der Waals surface area contributed by atoms with E-state index >= 15 is 0 Å². The highest BCUT2D eigenvalue weighted by molar-refractivity contribution is 5.71. The highest BCUT2D eigenvalue weighted by Gasteiger charge is 2.07. The van der Waals surface area contributed by atoms with Gasteiger partial charge in [-0.05, 0) is 5.56 Å². The molecule has 13 heavy (non-hydrogen) atoms. The van der Waals surface area contributed by atoms with E-state index in [4.69, 9.17) is 0 Å². The predicted molar refractivity (Wildman–Crippen MR) is 43.2 cm³/mol.